The highest BCUT2D eigenvalue weighted by molar-refractivity contribution is 5.96. The first-order chi connectivity index (χ1) is 12.5. The van der Waals surface area contributed by atoms with E-state index in [1.54, 1.807) is 13.8 Å². The topological polar surface area (TPSA) is 102 Å². The van der Waals surface area contributed by atoms with Crippen LogP contribution in [-0.4, -0.2) is 58.6 Å². The van der Waals surface area contributed by atoms with Gasteiger partial charge in [-0.25, -0.2) is 14.6 Å². The first-order valence-corrected chi connectivity index (χ1v) is 7.99. The van der Waals surface area contributed by atoms with Crippen molar-refractivity contribution in [3.8, 4) is 0 Å². The van der Waals surface area contributed by atoms with Crippen LogP contribution in [0.4, 0.5) is 0 Å². The van der Waals surface area contributed by atoms with Gasteiger partial charge in [-0.05, 0) is 19.9 Å². The minimum atomic E-state index is -0.959. The zero-order valence-electron chi connectivity index (χ0n) is 15.9. The average molecular weight is 371 g/mol. The number of carbonyl (C=O) groups is 2. The molecule has 0 bridgehead atoms. The van der Waals surface area contributed by atoms with Crippen molar-refractivity contribution in [3.63, 3.8) is 0 Å². The Kier molecular flexibility index (Phi) is 9.14. The molecule has 0 aliphatic carbocycles. The molecule has 9 nitrogen and oxygen atoms in total. The Morgan fingerprint density at radius 1 is 0.808 bits per heavy atom. The van der Waals surface area contributed by atoms with Crippen LogP contribution in [0, 0.1) is 0 Å². The highest BCUT2D eigenvalue weighted by atomic mass is 16.7. The summed E-state index contributed by atoms with van der Waals surface area (Å²) >= 11 is 0. The molecule has 0 amide bonds. The van der Waals surface area contributed by atoms with Crippen molar-refractivity contribution in [3.05, 3.63) is 28.6 Å². The molecule has 1 aromatic heterocycles. The highest BCUT2D eigenvalue weighted by Gasteiger charge is 2.30. The summed E-state index contributed by atoms with van der Waals surface area (Å²) in [7, 11) is 5.59. The lowest BCUT2D eigenvalue weighted by molar-refractivity contribution is -0.116. The number of rotatable bonds is 10. The Bertz CT molecular complexity index is 562. The minimum Gasteiger partial charge on any atom is -0.462 e. The number of nitrogens with zero attached hydrogens (tertiary/aromatic N) is 1. The molecule has 9 heteroatoms. The van der Waals surface area contributed by atoms with E-state index in [4.69, 9.17) is 28.4 Å². The lowest BCUT2D eigenvalue weighted by Gasteiger charge is -2.21. The molecule has 0 saturated heterocycles. The van der Waals surface area contributed by atoms with Crippen LogP contribution in [0.5, 0.6) is 0 Å². The van der Waals surface area contributed by atoms with Gasteiger partial charge >= 0.3 is 11.9 Å². The van der Waals surface area contributed by atoms with E-state index in [1.807, 2.05) is 0 Å². The summed E-state index contributed by atoms with van der Waals surface area (Å²) in [4.78, 5) is 29.1. The van der Waals surface area contributed by atoms with Gasteiger partial charge in [0.25, 0.3) is 0 Å². The molecule has 26 heavy (non-hydrogen) atoms. The molecule has 1 aromatic rings. The maximum Gasteiger partial charge on any atom is 0.340 e. The number of ether oxygens (including phenoxy) is 6. The van der Waals surface area contributed by atoms with Gasteiger partial charge in [-0.3, -0.25) is 0 Å². The number of pyridine rings is 1. The van der Waals surface area contributed by atoms with Crippen molar-refractivity contribution < 1.29 is 38.0 Å². The second kappa shape index (κ2) is 10.8. The fourth-order valence-corrected chi connectivity index (χ4v) is 2.29. The Morgan fingerprint density at radius 2 is 1.15 bits per heavy atom. The number of esters is 2. The summed E-state index contributed by atoms with van der Waals surface area (Å²) in [5.74, 6) is -1.34. The third kappa shape index (κ3) is 4.98. The molecule has 0 aromatic carbocycles. The summed E-state index contributed by atoms with van der Waals surface area (Å²) in [5, 5.41) is 0. The van der Waals surface area contributed by atoms with E-state index < -0.39 is 24.5 Å². The Hall–Kier alpha value is -2.07. The lowest BCUT2D eigenvalue weighted by atomic mass is 10.1. The maximum absolute atomic E-state index is 12.4. The fraction of sp³-hybridized carbons (Fsp3) is 0.588. The molecule has 0 fully saturated rings. The zero-order chi connectivity index (χ0) is 19.7. The molecule has 0 aliphatic rings. The first kappa shape index (κ1) is 22.0. The molecule has 0 N–H and O–H groups in total. The van der Waals surface area contributed by atoms with Crippen LogP contribution in [-0.2, 0) is 28.4 Å². The van der Waals surface area contributed by atoms with E-state index in [9.17, 15) is 9.59 Å². The van der Waals surface area contributed by atoms with Crippen LogP contribution in [0.1, 0.15) is 58.5 Å². The van der Waals surface area contributed by atoms with E-state index in [2.05, 4.69) is 4.98 Å². The van der Waals surface area contributed by atoms with Crippen LogP contribution in [0.2, 0.25) is 0 Å². The summed E-state index contributed by atoms with van der Waals surface area (Å²) in [5.41, 5.74) is 0.322. The van der Waals surface area contributed by atoms with Crippen LogP contribution >= 0.6 is 0 Å². The number of aromatic nitrogens is 1. The normalized spacial score (nSPS) is 11.1. The van der Waals surface area contributed by atoms with E-state index in [1.165, 1.54) is 34.5 Å². The van der Waals surface area contributed by atoms with Crippen LogP contribution in [0.15, 0.2) is 6.07 Å². The van der Waals surface area contributed by atoms with Gasteiger partial charge in [-0.15, -0.1) is 0 Å². The zero-order valence-corrected chi connectivity index (χ0v) is 15.9. The molecule has 1 rings (SSSR count). The molecule has 0 spiro atoms. The van der Waals surface area contributed by atoms with E-state index in [-0.39, 0.29) is 35.7 Å². The van der Waals surface area contributed by atoms with Gasteiger partial charge in [0.1, 0.15) is 11.4 Å². The molecule has 0 radical (unpaired) electrons. The van der Waals surface area contributed by atoms with Crippen molar-refractivity contribution in [2.24, 2.45) is 0 Å². The summed E-state index contributed by atoms with van der Waals surface area (Å²) in [6.45, 7) is 3.64. The number of methoxy groups -OCH3 is 4. The van der Waals surface area contributed by atoms with Crippen molar-refractivity contribution in [2.45, 2.75) is 26.4 Å². The summed E-state index contributed by atoms with van der Waals surface area (Å²) < 4.78 is 31.0. The predicted molar refractivity (Wildman–Crippen MR) is 89.7 cm³/mol. The van der Waals surface area contributed by atoms with Gasteiger partial charge in [0.2, 0.25) is 12.6 Å². The van der Waals surface area contributed by atoms with E-state index in [0.29, 0.717) is 0 Å². The van der Waals surface area contributed by atoms with Gasteiger partial charge < -0.3 is 28.4 Å². The van der Waals surface area contributed by atoms with E-state index in [0.717, 1.165) is 0 Å². The van der Waals surface area contributed by atoms with Crippen molar-refractivity contribution in [1.82, 2.24) is 4.98 Å². The highest BCUT2D eigenvalue weighted by Crippen LogP contribution is 2.28. The molecule has 0 atom stereocenters. The van der Waals surface area contributed by atoms with Gasteiger partial charge in [-0.2, -0.15) is 0 Å². The standard InChI is InChI=1S/C17H25NO8/c1-7-25-14(19)10-9-11(15(20)26-8-2)13(17(23-5)24-6)18-12(10)16(21-3)22-4/h9,16-17H,7-8H2,1-6H3. The Morgan fingerprint density at radius 3 is 1.42 bits per heavy atom. The number of carbonyl (C=O) groups excluding carboxylic acids is 2. The van der Waals surface area contributed by atoms with Crippen LogP contribution in [0.3, 0.4) is 0 Å². The number of hydrogen-bond donors (Lipinski definition) is 0. The average Bonchev–Trinajstić information content (AvgIpc) is 2.64. The molecule has 1 heterocycles. The van der Waals surface area contributed by atoms with E-state index >= 15 is 0 Å². The molecule has 0 unspecified atom stereocenters. The third-order valence-electron chi connectivity index (χ3n) is 3.38. The third-order valence-corrected chi connectivity index (χ3v) is 3.38. The predicted octanol–water partition coefficient (Wildman–Crippen LogP) is 2.02. The second-order valence-electron chi connectivity index (χ2n) is 4.90. The number of hydrogen-bond acceptors (Lipinski definition) is 9. The quantitative estimate of drug-likeness (QED) is 0.451. The Labute approximate surface area is 152 Å². The fourth-order valence-electron chi connectivity index (χ4n) is 2.29. The van der Waals surface area contributed by atoms with Gasteiger partial charge in [-0.1, -0.05) is 0 Å². The molecular formula is C17H25NO8. The second-order valence-corrected chi connectivity index (χ2v) is 4.90. The van der Waals surface area contributed by atoms with Crippen molar-refractivity contribution in [2.75, 3.05) is 41.7 Å². The molecular weight excluding hydrogens is 346 g/mol. The van der Waals surface area contributed by atoms with Crippen molar-refractivity contribution in [1.29, 1.82) is 0 Å². The molecule has 0 saturated carbocycles. The lowest BCUT2D eigenvalue weighted by Crippen LogP contribution is -2.22. The largest absolute Gasteiger partial charge is 0.462 e. The van der Waals surface area contributed by atoms with Gasteiger partial charge in [0, 0.05) is 28.4 Å². The van der Waals surface area contributed by atoms with Crippen molar-refractivity contribution >= 4 is 11.9 Å². The first-order valence-electron chi connectivity index (χ1n) is 7.99. The van der Waals surface area contributed by atoms with Gasteiger partial charge in [0.05, 0.1) is 24.3 Å². The summed E-state index contributed by atoms with van der Waals surface area (Å²) in [6, 6.07) is 1.32. The molecule has 0 aliphatic heterocycles. The smallest absolute Gasteiger partial charge is 0.340 e. The maximum atomic E-state index is 12.4. The van der Waals surface area contributed by atoms with Crippen LogP contribution in [0.25, 0.3) is 0 Å². The molecule has 146 valence electrons. The monoisotopic (exact) mass is 371 g/mol. The SMILES string of the molecule is CCOC(=O)c1cc(C(=O)OCC)c(C(OC)OC)nc1C(OC)OC. The Balaban J connectivity index is 3.68. The van der Waals surface area contributed by atoms with Crippen LogP contribution < -0.4 is 0 Å². The van der Waals surface area contributed by atoms with Gasteiger partial charge in [0.15, 0.2) is 0 Å². The summed E-state index contributed by atoms with van der Waals surface area (Å²) in [6.07, 6.45) is -1.92. The minimum absolute atomic E-state index is 0.0262.